The molecule has 1 aromatic heterocycles. The van der Waals surface area contributed by atoms with Gasteiger partial charge in [0.25, 0.3) is 0 Å². The van der Waals surface area contributed by atoms with Crippen LogP contribution in [0.2, 0.25) is 0 Å². The summed E-state index contributed by atoms with van der Waals surface area (Å²) in [6.07, 6.45) is 1.72. The molecule has 2 rings (SSSR count). The highest BCUT2D eigenvalue weighted by molar-refractivity contribution is 6.08. The number of hydrogen-bond donors (Lipinski definition) is 1. The molecule has 2 N–H and O–H groups in total. The van der Waals surface area contributed by atoms with E-state index in [0.29, 0.717) is 5.56 Å². The van der Waals surface area contributed by atoms with Gasteiger partial charge < -0.3 is 10.3 Å². The van der Waals surface area contributed by atoms with Crippen molar-refractivity contribution in [2.45, 2.75) is 26.8 Å². The first-order chi connectivity index (χ1) is 8.43. The van der Waals surface area contributed by atoms with Gasteiger partial charge in [0.2, 0.25) is 5.91 Å². The van der Waals surface area contributed by atoms with Crippen molar-refractivity contribution < 1.29 is 9.59 Å². The number of ketones is 1. The van der Waals surface area contributed by atoms with Crippen molar-refractivity contribution in [3.63, 3.8) is 0 Å². The normalized spacial score (nSPS) is 12.6. The van der Waals surface area contributed by atoms with E-state index >= 15 is 0 Å². The standard InChI is InChI=1S/C14H16N2O2/c1-8-5-4-6-11-12(10(3)17)7-16(13(8)11)9(2)14(15)18/h4-7,9H,1-3H3,(H2,15,18). The maximum atomic E-state index is 11.6. The number of nitrogens with two attached hydrogens (primary N) is 1. The molecule has 0 bridgehead atoms. The third-order valence-corrected chi connectivity index (χ3v) is 3.26. The topological polar surface area (TPSA) is 65.1 Å². The Hall–Kier alpha value is -2.10. The molecule has 0 aliphatic carbocycles. The van der Waals surface area contributed by atoms with Gasteiger partial charge in [0.05, 0.1) is 5.52 Å². The lowest BCUT2D eigenvalue weighted by molar-refractivity contribution is -0.120. The third-order valence-electron chi connectivity index (χ3n) is 3.26. The van der Waals surface area contributed by atoms with Crippen molar-refractivity contribution in [2.24, 2.45) is 5.73 Å². The number of rotatable bonds is 3. The Morgan fingerprint density at radius 2 is 2.00 bits per heavy atom. The van der Waals surface area contributed by atoms with E-state index in [1.165, 1.54) is 6.92 Å². The van der Waals surface area contributed by atoms with Gasteiger partial charge in [-0.1, -0.05) is 18.2 Å². The van der Waals surface area contributed by atoms with Crippen LogP contribution in [0, 0.1) is 6.92 Å². The van der Waals surface area contributed by atoms with Crippen LogP contribution in [0.4, 0.5) is 0 Å². The van der Waals surface area contributed by atoms with Gasteiger partial charge in [-0.05, 0) is 26.3 Å². The second-order valence-electron chi connectivity index (χ2n) is 4.56. The summed E-state index contributed by atoms with van der Waals surface area (Å²) in [4.78, 5) is 23.0. The Morgan fingerprint density at radius 3 is 2.56 bits per heavy atom. The molecule has 94 valence electrons. The number of nitrogens with zero attached hydrogens (tertiary/aromatic N) is 1. The molecule has 0 spiro atoms. The summed E-state index contributed by atoms with van der Waals surface area (Å²) in [5.41, 5.74) is 7.90. The Balaban J connectivity index is 2.82. The number of primary amides is 1. The summed E-state index contributed by atoms with van der Waals surface area (Å²) in [5, 5.41) is 0.871. The average Bonchev–Trinajstić information content (AvgIpc) is 2.68. The molecule has 18 heavy (non-hydrogen) atoms. The molecule has 0 saturated carbocycles. The van der Waals surface area contributed by atoms with Crippen LogP contribution in [0.1, 0.15) is 35.8 Å². The summed E-state index contributed by atoms with van der Waals surface area (Å²) in [5.74, 6) is -0.425. The van der Waals surface area contributed by atoms with Gasteiger partial charge in [-0.3, -0.25) is 9.59 Å². The number of amides is 1. The van der Waals surface area contributed by atoms with Gasteiger partial charge in [-0.2, -0.15) is 0 Å². The molecule has 1 heterocycles. The summed E-state index contributed by atoms with van der Waals surface area (Å²) < 4.78 is 1.78. The van der Waals surface area contributed by atoms with Crippen molar-refractivity contribution in [1.29, 1.82) is 0 Å². The molecule has 0 saturated heterocycles. The fourth-order valence-electron chi connectivity index (χ4n) is 2.22. The zero-order chi connectivity index (χ0) is 13.4. The van der Waals surface area contributed by atoms with Crippen LogP contribution < -0.4 is 5.73 Å². The average molecular weight is 244 g/mol. The molecular formula is C14H16N2O2. The fourth-order valence-corrected chi connectivity index (χ4v) is 2.22. The van der Waals surface area contributed by atoms with Gasteiger partial charge in [0.15, 0.2) is 5.78 Å². The largest absolute Gasteiger partial charge is 0.368 e. The number of fused-ring (bicyclic) bond motifs is 1. The molecule has 4 heteroatoms. The minimum absolute atomic E-state index is 0.0129. The zero-order valence-electron chi connectivity index (χ0n) is 10.7. The van der Waals surface area contributed by atoms with Crippen LogP contribution in [0.5, 0.6) is 0 Å². The minimum Gasteiger partial charge on any atom is -0.368 e. The number of aromatic nitrogens is 1. The lowest BCUT2D eigenvalue weighted by atomic mass is 10.1. The molecule has 1 aromatic carbocycles. The summed E-state index contributed by atoms with van der Waals surface area (Å²) >= 11 is 0. The summed E-state index contributed by atoms with van der Waals surface area (Å²) in [6, 6.07) is 5.28. The van der Waals surface area contributed by atoms with Crippen LogP contribution in [0.25, 0.3) is 10.9 Å². The highest BCUT2D eigenvalue weighted by Crippen LogP contribution is 2.27. The molecule has 0 aliphatic heterocycles. The van der Waals surface area contributed by atoms with E-state index in [1.807, 2.05) is 25.1 Å². The van der Waals surface area contributed by atoms with Crippen molar-refractivity contribution in [3.05, 3.63) is 35.5 Å². The van der Waals surface area contributed by atoms with Gasteiger partial charge >= 0.3 is 0 Å². The molecule has 4 nitrogen and oxygen atoms in total. The number of Topliss-reactive ketones (excluding diaryl/α,β-unsaturated/α-hetero) is 1. The maximum Gasteiger partial charge on any atom is 0.240 e. The quantitative estimate of drug-likeness (QED) is 0.841. The van der Waals surface area contributed by atoms with Gasteiger partial charge in [-0.25, -0.2) is 0 Å². The van der Waals surface area contributed by atoms with E-state index in [1.54, 1.807) is 17.7 Å². The Morgan fingerprint density at radius 1 is 1.33 bits per heavy atom. The monoisotopic (exact) mass is 244 g/mol. The van der Waals surface area contributed by atoms with E-state index in [9.17, 15) is 9.59 Å². The van der Waals surface area contributed by atoms with Gasteiger partial charge in [-0.15, -0.1) is 0 Å². The van der Waals surface area contributed by atoms with E-state index in [0.717, 1.165) is 16.5 Å². The van der Waals surface area contributed by atoms with Crippen LogP contribution in [0.3, 0.4) is 0 Å². The molecule has 1 amide bonds. The Labute approximate surface area is 105 Å². The Kier molecular flexibility index (Phi) is 2.95. The number of benzene rings is 1. The lowest BCUT2D eigenvalue weighted by Gasteiger charge is -2.12. The second-order valence-corrected chi connectivity index (χ2v) is 4.56. The predicted octanol–water partition coefficient (Wildman–Crippen LogP) is 2.20. The Bertz CT molecular complexity index is 641. The molecule has 0 radical (unpaired) electrons. The molecular weight excluding hydrogens is 228 g/mol. The summed E-state index contributed by atoms with van der Waals surface area (Å²) in [6.45, 7) is 5.21. The number of carbonyl (C=O) groups excluding carboxylic acids is 2. The molecule has 0 fully saturated rings. The van der Waals surface area contributed by atoms with Crippen molar-refractivity contribution in [3.8, 4) is 0 Å². The molecule has 0 aliphatic rings. The maximum absolute atomic E-state index is 11.6. The third kappa shape index (κ3) is 1.79. The molecule has 1 atom stereocenters. The van der Waals surface area contributed by atoms with E-state index < -0.39 is 11.9 Å². The number of para-hydroxylation sites is 1. The van der Waals surface area contributed by atoms with E-state index in [-0.39, 0.29) is 5.78 Å². The van der Waals surface area contributed by atoms with Crippen molar-refractivity contribution in [2.75, 3.05) is 0 Å². The first kappa shape index (κ1) is 12.4. The smallest absolute Gasteiger partial charge is 0.240 e. The van der Waals surface area contributed by atoms with E-state index in [2.05, 4.69) is 0 Å². The summed E-state index contributed by atoms with van der Waals surface area (Å²) in [7, 11) is 0. The van der Waals surface area contributed by atoms with Crippen LogP contribution in [-0.4, -0.2) is 16.3 Å². The lowest BCUT2D eigenvalue weighted by Crippen LogP contribution is -2.23. The van der Waals surface area contributed by atoms with Gasteiger partial charge in [0.1, 0.15) is 6.04 Å². The number of aryl methyl sites for hydroxylation is 1. The fraction of sp³-hybridized carbons (Fsp3) is 0.286. The van der Waals surface area contributed by atoms with Crippen LogP contribution in [0.15, 0.2) is 24.4 Å². The SMILES string of the molecule is CC(=O)c1cn(C(C)C(N)=O)c2c(C)cccc12. The predicted molar refractivity (Wildman–Crippen MR) is 70.6 cm³/mol. The minimum atomic E-state index is -0.471. The van der Waals surface area contributed by atoms with Gasteiger partial charge in [0, 0.05) is 17.1 Å². The zero-order valence-corrected chi connectivity index (χ0v) is 10.7. The second kappa shape index (κ2) is 4.29. The van der Waals surface area contributed by atoms with Crippen LogP contribution >= 0.6 is 0 Å². The van der Waals surface area contributed by atoms with Crippen LogP contribution in [-0.2, 0) is 4.79 Å². The highest BCUT2D eigenvalue weighted by Gasteiger charge is 2.19. The van der Waals surface area contributed by atoms with E-state index in [4.69, 9.17) is 5.73 Å². The highest BCUT2D eigenvalue weighted by atomic mass is 16.1. The first-order valence-electron chi connectivity index (χ1n) is 5.84. The number of carbonyl (C=O) groups is 2. The molecule has 1 unspecified atom stereocenters. The van der Waals surface area contributed by atoms with Crippen molar-refractivity contribution >= 4 is 22.6 Å². The first-order valence-corrected chi connectivity index (χ1v) is 5.84. The molecule has 2 aromatic rings. The number of hydrogen-bond acceptors (Lipinski definition) is 2. The van der Waals surface area contributed by atoms with Crippen molar-refractivity contribution in [1.82, 2.24) is 4.57 Å².